The van der Waals surface area contributed by atoms with Crippen molar-refractivity contribution in [2.45, 2.75) is 25.8 Å². The average Bonchev–Trinajstić information content (AvgIpc) is 3.35. The van der Waals surface area contributed by atoms with Gasteiger partial charge in [-0.3, -0.25) is 9.69 Å². The van der Waals surface area contributed by atoms with E-state index in [4.69, 9.17) is 32.7 Å². The van der Waals surface area contributed by atoms with Crippen LogP contribution in [0.4, 0.5) is 0 Å². The van der Waals surface area contributed by atoms with Crippen LogP contribution >= 0.6 is 23.2 Å². The molecular weight excluding hydrogens is 499 g/mol. The zero-order valence-corrected chi connectivity index (χ0v) is 22.0. The molecule has 1 saturated heterocycles. The Morgan fingerprint density at radius 2 is 1.81 bits per heavy atom. The Morgan fingerprint density at radius 3 is 2.53 bits per heavy atom. The predicted molar refractivity (Wildman–Crippen MR) is 142 cm³/mol. The summed E-state index contributed by atoms with van der Waals surface area (Å²) in [5.41, 5.74) is 2.95. The number of hydrogen-bond donors (Lipinski definition) is 1. The highest BCUT2D eigenvalue weighted by Gasteiger charge is 2.23. The monoisotopic (exact) mass is 528 g/mol. The van der Waals surface area contributed by atoms with Crippen molar-refractivity contribution in [3.8, 4) is 22.6 Å². The Bertz CT molecular complexity index is 1190. The molecule has 1 amide bonds. The van der Waals surface area contributed by atoms with Gasteiger partial charge in [-0.25, -0.2) is 9.97 Å². The maximum Gasteiger partial charge on any atom is 0.220 e. The third-order valence-corrected chi connectivity index (χ3v) is 7.08. The van der Waals surface area contributed by atoms with E-state index in [1.807, 2.05) is 36.4 Å². The molecule has 0 spiro atoms. The summed E-state index contributed by atoms with van der Waals surface area (Å²) in [5.74, 6) is 2.42. The van der Waals surface area contributed by atoms with E-state index in [-0.39, 0.29) is 5.91 Å². The Balaban J connectivity index is 1.20. The number of hydrogen-bond acceptors (Lipinski definition) is 6. The standard InChI is InChI=1S/C27H30Cl2N4O3/c1-35-24-6-4-20(12-25(24)36-2)21-14-30-26(31-15-21)7-8-27(34)32-13-19-9-10-33(17-19)16-18-3-5-22(28)23(29)11-18/h3-6,11-12,14-15,19H,7-10,13,16-17H2,1-2H3,(H,32,34). The van der Waals surface area contributed by atoms with E-state index in [1.165, 1.54) is 0 Å². The average molecular weight is 529 g/mol. The van der Waals surface area contributed by atoms with E-state index in [0.29, 0.717) is 52.7 Å². The van der Waals surface area contributed by atoms with Gasteiger partial charge < -0.3 is 14.8 Å². The molecular formula is C27H30Cl2N4O3. The highest BCUT2D eigenvalue weighted by Crippen LogP contribution is 2.31. The lowest BCUT2D eigenvalue weighted by Gasteiger charge is -2.17. The van der Waals surface area contributed by atoms with Crippen molar-refractivity contribution in [1.29, 1.82) is 0 Å². The lowest BCUT2D eigenvalue weighted by Crippen LogP contribution is -2.31. The summed E-state index contributed by atoms with van der Waals surface area (Å²) in [6.07, 6.45) is 5.44. The minimum absolute atomic E-state index is 0.0190. The first-order chi connectivity index (χ1) is 17.4. The number of benzene rings is 2. The van der Waals surface area contributed by atoms with Crippen LogP contribution in [0.5, 0.6) is 11.5 Å². The number of rotatable bonds is 10. The maximum atomic E-state index is 12.4. The third-order valence-electron chi connectivity index (χ3n) is 6.35. The Kier molecular flexibility index (Phi) is 9.02. The van der Waals surface area contributed by atoms with Crippen LogP contribution in [0.3, 0.4) is 0 Å². The number of carbonyl (C=O) groups excluding carboxylic acids is 1. The molecule has 1 unspecified atom stereocenters. The molecule has 0 aliphatic carbocycles. The van der Waals surface area contributed by atoms with E-state index < -0.39 is 0 Å². The number of ether oxygens (including phenoxy) is 2. The van der Waals surface area contributed by atoms with Gasteiger partial charge in [0.25, 0.3) is 0 Å². The van der Waals surface area contributed by atoms with Crippen molar-refractivity contribution < 1.29 is 14.3 Å². The molecule has 1 atom stereocenters. The van der Waals surface area contributed by atoms with Gasteiger partial charge in [0.2, 0.25) is 5.91 Å². The molecule has 2 heterocycles. The SMILES string of the molecule is COc1ccc(-c2cnc(CCC(=O)NCC3CCN(Cc4ccc(Cl)c(Cl)c4)C3)nc2)cc1OC. The minimum Gasteiger partial charge on any atom is -0.493 e. The summed E-state index contributed by atoms with van der Waals surface area (Å²) in [6, 6.07) is 11.4. The largest absolute Gasteiger partial charge is 0.493 e. The zero-order chi connectivity index (χ0) is 25.5. The van der Waals surface area contributed by atoms with Crippen molar-refractivity contribution >= 4 is 29.1 Å². The van der Waals surface area contributed by atoms with Gasteiger partial charge in [-0.2, -0.15) is 0 Å². The van der Waals surface area contributed by atoms with Crippen molar-refractivity contribution in [1.82, 2.24) is 20.2 Å². The van der Waals surface area contributed by atoms with Gasteiger partial charge in [-0.1, -0.05) is 35.3 Å². The fraction of sp³-hybridized carbons (Fsp3) is 0.370. The van der Waals surface area contributed by atoms with E-state index in [1.54, 1.807) is 26.6 Å². The topological polar surface area (TPSA) is 76.6 Å². The van der Waals surface area contributed by atoms with Crippen LogP contribution in [0.1, 0.15) is 24.2 Å². The first-order valence-electron chi connectivity index (χ1n) is 11.9. The Labute approximate surface area is 221 Å². The number of nitrogens with one attached hydrogen (secondary N) is 1. The third kappa shape index (κ3) is 6.87. The molecule has 190 valence electrons. The molecule has 1 aliphatic rings. The van der Waals surface area contributed by atoms with Gasteiger partial charge in [-0.05, 0) is 54.3 Å². The van der Waals surface area contributed by atoms with Crippen LogP contribution in [-0.4, -0.2) is 54.6 Å². The Morgan fingerprint density at radius 1 is 1.03 bits per heavy atom. The highest BCUT2D eigenvalue weighted by molar-refractivity contribution is 6.42. The second-order valence-electron chi connectivity index (χ2n) is 8.90. The van der Waals surface area contributed by atoms with E-state index in [0.717, 1.165) is 42.7 Å². The van der Waals surface area contributed by atoms with E-state index in [9.17, 15) is 4.79 Å². The lowest BCUT2D eigenvalue weighted by molar-refractivity contribution is -0.121. The van der Waals surface area contributed by atoms with Crippen molar-refractivity contribution in [3.63, 3.8) is 0 Å². The summed E-state index contributed by atoms with van der Waals surface area (Å²) in [4.78, 5) is 23.7. The smallest absolute Gasteiger partial charge is 0.220 e. The number of nitrogens with zero attached hydrogens (tertiary/aromatic N) is 3. The molecule has 3 aromatic rings. The first kappa shape index (κ1) is 26.2. The van der Waals surface area contributed by atoms with Gasteiger partial charge in [0, 0.05) is 50.4 Å². The van der Waals surface area contributed by atoms with Crippen LogP contribution in [0.2, 0.25) is 10.0 Å². The Hall–Kier alpha value is -2.87. The summed E-state index contributed by atoms with van der Waals surface area (Å²) >= 11 is 12.1. The second kappa shape index (κ2) is 12.4. The van der Waals surface area contributed by atoms with E-state index in [2.05, 4.69) is 20.2 Å². The number of amides is 1. The summed E-state index contributed by atoms with van der Waals surface area (Å²) in [5, 5.41) is 4.22. The van der Waals surface area contributed by atoms with Gasteiger partial charge >= 0.3 is 0 Å². The van der Waals surface area contributed by atoms with Crippen LogP contribution in [0, 0.1) is 5.92 Å². The minimum atomic E-state index is 0.0190. The van der Waals surface area contributed by atoms with E-state index >= 15 is 0 Å². The van der Waals surface area contributed by atoms with Crippen molar-refractivity contribution in [2.24, 2.45) is 5.92 Å². The van der Waals surface area contributed by atoms with Gasteiger partial charge in [0.05, 0.1) is 24.3 Å². The van der Waals surface area contributed by atoms with Crippen LogP contribution in [0.25, 0.3) is 11.1 Å². The molecule has 4 rings (SSSR count). The molecule has 0 bridgehead atoms. The second-order valence-corrected chi connectivity index (χ2v) is 9.71. The number of methoxy groups -OCH3 is 2. The number of aromatic nitrogens is 2. The molecule has 1 fully saturated rings. The molecule has 1 aliphatic heterocycles. The van der Waals surface area contributed by atoms with Crippen molar-refractivity contribution in [2.75, 3.05) is 33.9 Å². The number of halogens is 2. The summed E-state index contributed by atoms with van der Waals surface area (Å²) < 4.78 is 10.6. The molecule has 1 N–H and O–H groups in total. The lowest BCUT2D eigenvalue weighted by atomic mass is 10.1. The summed E-state index contributed by atoms with van der Waals surface area (Å²) in [7, 11) is 3.21. The molecule has 1 aromatic heterocycles. The maximum absolute atomic E-state index is 12.4. The van der Waals surface area contributed by atoms with Crippen molar-refractivity contribution in [3.05, 3.63) is 70.2 Å². The zero-order valence-electron chi connectivity index (χ0n) is 20.5. The van der Waals surface area contributed by atoms with Gasteiger partial charge in [0.15, 0.2) is 11.5 Å². The summed E-state index contributed by atoms with van der Waals surface area (Å²) in [6.45, 7) is 3.45. The molecule has 0 radical (unpaired) electrons. The quantitative estimate of drug-likeness (QED) is 0.397. The van der Waals surface area contributed by atoms with Crippen LogP contribution in [0.15, 0.2) is 48.8 Å². The molecule has 0 saturated carbocycles. The fourth-order valence-electron chi connectivity index (χ4n) is 4.34. The van der Waals surface area contributed by atoms with Gasteiger partial charge in [0.1, 0.15) is 5.82 Å². The molecule has 2 aromatic carbocycles. The first-order valence-corrected chi connectivity index (χ1v) is 12.7. The predicted octanol–water partition coefficient (Wildman–Crippen LogP) is 5.04. The number of aryl methyl sites for hydroxylation is 1. The number of likely N-dealkylation sites (tertiary alicyclic amines) is 1. The fourth-order valence-corrected chi connectivity index (χ4v) is 4.66. The normalized spacial score (nSPS) is 15.6. The van der Waals surface area contributed by atoms with Crippen LogP contribution < -0.4 is 14.8 Å². The molecule has 36 heavy (non-hydrogen) atoms. The van der Waals surface area contributed by atoms with Gasteiger partial charge in [-0.15, -0.1) is 0 Å². The number of carbonyl (C=O) groups is 1. The highest BCUT2D eigenvalue weighted by atomic mass is 35.5. The molecule has 7 nitrogen and oxygen atoms in total. The van der Waals surface area contributed by atoms with Crippen LogP contribution in [-0.2, 0) is 17.8 Å². The molecule has 9 heteroatoms.